The van der Waals surface area contributed by atoms with Crippen LogP contribution in [-0.2, 0) is 9.59 Å². The molecule has 2 unspecified atom stereocenters. The Bertz CT molecular complexity index is 272. The summed E-state index contributed by atoms with van der Waals surface area (Å²) in [5.74, 6) is -0.437. The summed E-state index contributed by atoms with van der Waals surface area (Å²) in [6.07, 6.45) is 4.43. The first-order chi connectivity index (χ1) is 7.04. The molecule has 2 aliphatic rings. The van der Waals surface area contributed by atoms with Crippen LogP contribution >= 0.6 is 0 Å². The third kappa shape index (κ3) is 1.62. The van der Waals surface area contributed by atoms with Gasteiger partial charge in [-0.05, 0) is 30.6 Å². The lowest BCUT2D eigenvalue weighted by atomic mass is 9.46. The van der Waals surface area contributed by atoms with Crippen molar-refractivity contribution < 1.29 is 14.7 Å². The molecule has 0 aromatic heterocycles. The lowest BCUT2D eigenvalue weighted by Crippen LogP contribution is -2.64. The predicted octanol–water partition coefficient (Wildman–Crippen LogP) is 1.16. The van der Waals surface area contributed by atoms with Gasteiger partial charge < -0.3 is 10.4 Å². The van der Waals surface area contributed by atoms with Gasteiger partial charge in [-0.15, -0.1) is 0 Å². The first-order valence-electron chi connectivity index (χ1n) is 5.53. The molecule has 0 aromatic carbocycles. The summed E-state index contributed by atoms with van der Waals surface area (Å²) < 4.78 is 0. The van der Waals surface area contributed by atoms with Crippen molar-refractivity contribution in [2.45, 2.75) is 45.1 Å². The van der Waals surface area contributed by atoms with Crippen molar-refractivity contribution in [3.05, 3.63) is 0 Å². The molecule has 2 rings (SSSR count). The first kappa shape index (κ1) is 10.5. The highest BCUT2D eigenvalue weighted by molar-refractivity contribution is 5.73. The molecule has 84 valence electrons. The number of hydrogen-bond donors (Lipinski definition) is 2. The van der Waals surface area contributed by atoms with Crippen LogP contribution in [0, 0.1) is 11.3 Å². The fourth-order valence-electron chi connectivity index (χ4n) is 3.17. The number of nitrogens with one attached hydrogen (secondary N) is 1. The molecule has 0 bridgehead atoms. The Balaban J connectivity index is 1.96. The fraction of sp³-hybridized carbons (Fsp3) is 0.818. The maximum absolute atomic E-state index is 11.0. The van der Waals surface area contributed by atoms with Crippen LogP contribution in [-0.4, -0.2) is 23.0 Å². The number of aliphatic carboxylic acids is 1. The van der Waals surface area contributed by atoms with Gasteiger partial charge in [0.05, 0.1) is 0 Å². The third-order valence-electron chi connectivity index (χ3n) is 4.11. The fourth-order valence-corrected chi connectivity index (χ4v) is 3.17. The topological polar surface area (TPSA) is 66.4 Å². The minimum absolute atomic E-state index is 0.0000463. The highest BCUT2D eigenvalue weighted by Crippen LogP contribution is 2.60. The van der Waals surface area contributed by atoms with Crippen molar-refractivity contribution in [3.8, 4) is 0 Å². The highest BCUT2D eigenvalue weighted by Gasteiger charge is 2.58. The minimum atomic E-state index is -0.715. The molecule has 0 aromatic rings. The van der Waals surface area contributed by atoms with Gasteiger partial charge in [0.15, 0.2) is 0 Å². The van der Waals surface area contributed by atoms with E-state index in [1.807, 2.05) is 0 Å². The summed E-state index contributed by atoms with van der Waals surface area (Å²) >= 11 is 0. The van der Waals surface area contributed by atoms with E-state index in [1.165, 1.54) is 13.3 Å². The summed E-state index contributed by atoms with van der Waals surface area (Å²) in [6.45, 7) is 1.52. The average Bonchev–Trinajstić information content (AvgIpc) is 1.96. The maximum atomic E-state index is 11.0. The quantitative estimate of drug-likeness (QED) is 0.736. The predicted molar refractivity (Wildman–Crippen MR) is 54.2 cm³/mol. The number of rotatable bonds is 3. The zero-order valence-corrected chi connectivity index (χ0v) is 8.95. The molecule has 4 heteroatoms. The molecular formula is C11H17NO3. The number of carboxylic acid groups (broad SMARTS) is 1. The third-order valence-corrected chi connectivity index (χ3v) is 4.11. The highest BCUT2D eigenvalue weighted by atomic mass is 16.4. The lowest BCUT2D eigenvalue weighted by Gasteiger charge is -2.61. The van der Waals surface area contributed by atoms with E-state index in [2.05, 4.69) is 5.32 Å². The molecule has 2 aliphatic carbocycles. The molecule has 15 heavy (non-hydrogen) atoms. The van der Waals surface area contributed by atoms with Gasteiger partial charge in [0.1, 0.15) is 0 Å². The van der Waals surface area contributed by atoms with Crippen molar-refractivity contribution in [2.75, 3.05) is 0 Å². The Kier molecular flexibility index (Phi) is 2.44. The van der Waals surface area contributed by atoms with E-state index in [0.29, 0.717) is 0 Å². The van der Waals surface area contributed by atoms with E-state index >= 15 is 0 Å². The molecule has 4 nitrogen and oxygen atoms in total. The van der Waals surface area contributed by atoms with E-state index in [1.54, 1.807) is 0 Å². The van der Waals surface area contributed by atoms with Crippen LogP contribution in [0.4, 0.5) is 0 Å². The number of carboxylic acids is 1. The van der Waals surface area contributed by atoms with Gasteiger partial charge in [0, 0.05) is 19.4 Å². The van der Waals surface area contributed by atoms with E-state index in [-0.39, 0.29) is 29.7 Å². The van der Waals surface area contributed by atoms with Crippen LogP contribution in [0.5, 0.6) is 0 Å². The van der Waals surface area contributed by atoms with E-state index in [9.17, 15) is 9.59 Å². The summed E-state index contributed by atoms with van der Waals surface area (Å²) in [4.78, 5) is 21.6. The number of carbonyl (C=O) groups is 2. The normalized spacial score (nSPS) is 31.5. The second-order valence-corrected chi connectivity index (χ2v) is 4.87. The van der Waals surface area contributed by atoms with Gasteiger partial charge in [0.25, 0.3) is 0 Å². The largest absolute Gasteiger partial charge is 0.481 e. The molecule has 1 amide bonds. The van der Waals surface area contributed by atoms with E-state index in [4.69, 9.17) is 5.11 Å². The van der Waals surface area contributed by atoms with Crippen LogP contribution in [0.15, 0.2) is 0 Å². The van der Waals surface area contributed by atoms with Crippen molar-refractivity contribution >= 4 is 11.9 Å². The smallest absolute Gasteiger partial charge is 0.303 e. The van der Waals surface area contributed by atoms with Gasteiger partial charge in [-0.1, -0.05) is 6.42 Å². The monoisotopic (exact) mass is 211 g/mol. The second kappa shape index (κ2) is 3.51. The van der Waals surface area contributed by atoms with Crippen LogP contribution in [0.1, 0.15) is 39.0 Å². The Morgan fingerprint density at radius 1 is 1.47 bits per heavy atom. The summed E-state index contributed by atoms with van der Waals surface area (Å²) in [5.41, 5.74) is 0.129. The summed E-state index contributed by atoms with van der Waals surface area (Å²) in [6, 6.07) is 0.230. The SMILES string of the molecule is CC(=O)NC1CC(CC(=O)O)C12CCC2. The van der Waals surface area contributed by atoms with E-state index in [0.717, 1.165) is 19.3 Å². The van der Waals surface area contributed by atoms with E-state index < -0.39 is 5.97 Å². The molecule has 0 radical (unpaired) electrons. The Labute approximate surface area is 89.0 Å². The van der Waals surface area contributed by atoms with Gasteiger partial charge in [-0.3, -0.25) is 9.59 Å². The summed E-state index contributed by atoms with van der Waals surface area (Å²) in [5, 5.41) is 11.7. The molecule has 0 aliphatic heterocycles. The average molecular weight is 211 g/mol. The number of amides is 1. The zero-order valence-electron chi connectivity index (χ0n) is 8.95. The van der Waals surface area contributed by atoms with Gasteiger partial charge in [0.2, 0.25) is 5.91 Å². The van der Waals surface area contributed by atoms with Crippen LogP contribution in [0.3, 0.4) is 0 Å². The molecule has 2 N–H and O–H groups in total. The van der Waals surface area contributed by atoms with Crippen molar-refractivity contribution in [1.82, 2.24) is 5.32 Å². The number of hydrogen-bond acceptors (Lipinski definition) is 2. The van der Waals surface area contributed by atoms with Crippen LogP contribution < -0.4 is 5.32 Å². The van der Waals surface area contributed by atoms with Gasteiger partial charge in [-0.25, -0.2) is 0 Å². The Hall–Kier alpha value is -1.06. The molecule has 0 saturated heterocycles. The van der Waals surface area contributed by atoms with Gasteiger partial charge >= 0.3 is 5.97 Å². The lowest BCUT2D eigenvalue weighted by molar-refractivity contribution is -0.149. The molecule has 1 spiro atoms. The Morgan fingerprint density at radius 2 is 2.13 bits per heavy atom. The first-order valence-corrected chi connectivity index (χ1v) is 5.53. The van der Waals surface area contributed by atoms with Crippen LogP contribution in [0.2, 0.25) is 0 Å². The van der Waals surface area contributed by atoms with Gasteiger partial charge in [-0.2, -0.15) is 0 Å². The van der Waals surface area contributed by atoms with Crippen LogP contribution in [0.25, 0.3) is 0 Å². The van der Waals surface area contributed by atoms with Crippen molar-refractivity contribution in [1.29, 1.82) is 0 Å². The molecule has 0 heterocycles. The van der Waals surface area contributed by atoms with Crippen molar-refractivity contribution in [3.63, 3.8) is 0 Å². The molecule has 2 atom stereocenters. The Morgan fingerprint density at radius 3 is 2.53 bits per heavy atom. The second-order valence-electron chi connectivity index (χ2n) is 4.87. The minimum Gasteiger partial charge on any atom is -0.481 e. The molecule has 2 fully saturated rings. The maximum Gasteiger partial charge on any atom is 0.303 e. The molecular weight excluding hydrogens is 194 g/mol. The number of carbonyl (C=O) groups excluding carboxylic acids is 1. The summed E-state index contributed by atoms with van der Waals surface area (Å²) in [7, 11) is 0. The molecule has 2 saturated carbocycles. The zero-order chi connectivity index (χ0) is 11.1. The van der Waals surface area contributed by atoms with Crippen molar-refractivity contribution in [2.24, 2.45) is 11.3 Å². The standard InChI is InChI=1S/C11H17NO3/c1-7(13)12-9-5-8(6-10(14)15)11(9)3-2-4-11/h8-9H,2-6H2,1H3,(H,12,13)(H,14,15).